The molecule has 0 spiro atoms. The molecule has 1 rings (SSSR count). The number of carbonyl (C=O) groups excluding carboxylic acids is 1. The molecule has 14 heavy (non-hydrogen) atoms. The van der Waals surface area contributed by atoms with Gasteiger partial charge < -0.3 is 4.74 Å². The summed E-state index contributed by atoms with van der Waals surface area (Å²) in [5.41, 5.74) is 0.651. The number of hydrogen-bond donors (Lipinski definition) is 0. The molecule has 76 valence electrons. The zero-order valence-electron chi connectivity index (χ0n) is 8.61. The van der Waals surface area contributed by atoms with Crippen LogP contribution in [0.1, 0.15) is 24.2 Å². The number of aldehydes is 1. The molecular formula is C11H14O2S. The van der Waals surface area contributed by atoms with Crippen LogP contribution in [0.15, 0.2) is 23.1 Å². The van der Waals surface area contributed by atoms with Gasteiger partial charge in [0.2, 0.25) is 0 Å². The van der Waals surface area contributed by atoms with Crippen LogP contribution >= 0.6 is 11.8 Å². The van der Waals surface area contributed by atoms with Crippen LogP contribution in [-0.4, -0.2) is 18.6 Å². The van der Waals surface area contributed by atoms with Gasteiger partial charge in [-0.3, -0.25) is 4.79 Å². The summed E-state index contributed by atoms with van der Waals surface area (Å²) in [6.45, 7) is 3.94. The molecule has 0 saturated carbocycles. The fraction of sp³-hybridized carbons (Fsp3) is 0.364. The topological polar surface area (TPSA) is 26.3 Å². The Hall–Kier alpha value is -0.960. The molecular weight excluding hydrogens is 196 g/mol. The zero-order chi connectivity index (χ0) is 10.6. The SMILES string of the molecule is CSc1ccc(C=O)cc1OC(C)C. The molecule has 0 unspecified atom stereocenters. The van der Waals surface area contributed by atoms with E-state index in [1.807, 2.05) is 26.2 Å². The standard InChI is InChI=1S/C11H14O2S/c1-8(2)13-10-6-9(7-12)4-5-11(10)14-3/h4-8H,1-3H3. The van der Waals surface area contributed by atoms with Crippen LogP contribution in [0, 0.1) is 0 Å². The summed E-state index contributed by atoms with van der Waals surface area (Å²) in [5.74, 6) is 0.789. The van der Waals surface area contributed by atoms with E-state index in [-0.39, 0.29) is 6.10 Å². The third-order valence-electron chi connectivity index (χ3n) is 1.69. The molecule has 0 aliphatic rings. The van der Waals surface area contributed by atoms with E-state index in [0.717, 1.165) is 16.9 Å². The van der Waals surface area contributed by atoms with Gasteiger partial charge in [-0.05, 0) is 32.2 Å². The summed E-state index contributed by atoms with van der Waals surface area (Å²) >= 11 is 1.62. The molecule has 0 radical (unpaired) electrons. The molecule has 0 aliphatic heterocycles. The maximum absolute atomic E-state index is 10.6. The lowest BCUT2D eigenvalue weighted by Crippen LogP contribution is -2.06. The Balaban J connectivity index is 3.01. The van der Waals surface area contributed by atoms with E-state index in [1.54, 1.807) is 23.9 Å². The fourth-order valence-corrected chi connectivity index (χ4v) is 1.62. The van der Waals surface area contributed by atoms with E-state index in [4.69, 9.17) is 4.74 Å². The number of ether oxygens (including phenoxy) is 1. The van der Waals surface area contributed by atoms with Crippen molar-refractivity contribution in [2.75, 3.05) is 6.26 Å². The highest BCUT2D eigenvalue weighted by Crippen LogP contribution is 2.28. The molecule has 0 aromatic heterocycles. The number of rotatable bonds is 4. The Labute approximate surface area is 88.7 Å². The first-order valence-corrected chi connectivity index (χ1v) is 5.69. The minimum absolute atomic E-state index is 0.128. The molecule has 0 amide bonds. The van der Waals surface area contributed by atoms with E-state index in [1.165, 1.54) is 0 Å². The summed E-state index contributed by atoms with van der Waals surface area (Å²) in [7, 11) is 0. The second-order valence-electron chi connectivity index (χ2n) is 3.19. The average Bonchev–Trinajstić information content (AvgIpc) is 2.16. The van der Waals surface area contributed by atoms with Crippen LogP contribution in [0.2, 0.25) is 0 Å². The molecule has 0 bridgehead atoms. The Kier molecular flexibility index (Phi) is 4.01. The van der Waals surface area contributed by atoms with Crippen molar-refractivity contribution < 1.29 is 9.53 Å². The normalized spacial score (nSPS) is 10.3. The molecule has 0 N–H and O–H groups in total. The van der Waals surface area contributed by atoms with Crippen LogP contribution in [-0.2, 0) is 0 Å². The van der Waals surface area contributed by atoms with Gasteiger partial charge in [-0.1, -0.05) is 6.07 Å². The van der Waals surface area contributed by atoms with Crippen molar-refractivity contribution >= 4 is 18.0 Å². The number of carbonyl (C=O) groups is 1. The quantitative estimate of drug-likeness (QED) is 0.564. The van der Waals surface area contributed by atoms with E-state index in [2.05, 4.69) is 0 Å². The number of benzene rings is 1. The summed E-state index contributed by atoms with van der Waals surface area (Å²) in [5, 5.41) is 0. The van der Waals surface area contributed by atoms with Gasteiger partial charge in [0.15, 0.2) is 0 Å². The van der Waals surface area contributed by atoms with Crippen molar-refractivity contribution in [1.29, 1.82) is 0 Å². The third kappa shape index (κ3) is 2.77. The highest BCUT2D eigenvalue weighted by Gasteiger charge is 2.05. The lowest BCUT2D eigenvalue weighted by molar-refractivity contribution is 0.112. The van der Waals surface area contributed by atoms with Crippen molar-refractivity contribution in [2.24, 2.45) is 0 Å². The van der Waals surface area contributed by atoms with Crippen LogP contribution < -0.4 is 4.74 Å². The van der Waals surface area contributed by atoms with Gasteiger partial charge >= 0.3 is 0 Å². The van der Waals surface area contributed by atoms with Crippen molar-refractivity contribution in [2.45, 2.75) is 24.8 Å². The van der Waals surface area contributed by atoms with Crippen LogP contribution in [0.5, 0.6) is 5.75 Å². The van der Waals surface area contributed by atoms with Gasteiger partial charge in [0.05, 0.1) is 6.10 Å². The van der Waals surface area contributed by atoms with Crippen LogP contribution in [0.4, 0.5) is 0 Å². The minimum Gasteiger partial charge on any atom is -0.490 e. The third-order valence-corrected chi connectivity index (χ3v) is 2.46. The highest BCUT2D eigenvalue weighted by molar-refractivity contribution is 7.98. The first kappa shape index (κ1) is 11.1. The van der Waals surface area contributed by atoms with Gasteiger partial charge in [-0.2, -0.15) is 0 Å². The predicted molar refractivity (Wildman–Crippen MR) is 59.4 cm³/mol. The van der Waals surface area contributed by atoms with Crippen LogP contribution in [0.25, 0.3) is 0 Å². The van der Waals surface area contributed by atoms with Gasteiger partial charge in [-0.25, -0.2) is 0 Å². The van der Waals surface area contributed by atoms with E-state index < -0.39 is 0 Å². The lowest BCUT2D eigenvalue weighted by Gasteiger charge is -2.13. The van der Waals surface area contributed by atoms with Gasteiger partial charge in [0, 0.05) is 10.5 Å². The van der Waals surface area contributed by atoms with E-state index in [9.17, 15) is 4.79 Å². The van der Waals surface area contributed by atoms with E-state index >= 15 is 0 Å². The van der Waals surface area contributed by atoms with Crippen LogP contribution in [0.3, 0.4) is 0 Å². The summed E-state index contributed by atoms with van der Waals surface area (Å²) < 4.78 is 5.60. The second-order valence-corrected chi connectivity index (χ2v) is 4.04. The van der Waals surface area contributed by atoms with Gasteiger partial charge in [0.25, 0.3) is 0 Å². The molecule has 2 nitrogen and oxygen atoms in total. The second kappa shape index (κ2) is 5.05. The zero-order valence-corrected chi connectivity index (χ0v) is 9.43. The molecule has 1 aromatic carbocycles. The lowest BCUT2D eigenvalue weighted by atomic mass is 10.2. The fourth-order valence-electron chi connectivity index (χ4n) is 1.11. The number of thioether (sulfide) groups is 1. The summed E-state index contributed by atoms with van der Waals surface area (Å²) in [6, 6.07) is 5.48. The predicted octanol–water partition coefficient (Wildman–Crippen LogP) is 3.01. The molecule has 3 heteroatoms. The van der Waals surface area contributed by atoms with Crippen molar-refractivity contribution in [1.82, 2.24) is 0 Å². The summed E-state index contributed by atoms with van der Waals surface area (Å²) in [4.78, 5) is 11.6. The molecule has 0 aliphatic carbocycles. The average molecular weight is 210 g/mol. The maximum atomic E-state index is 10.6. The Morgan fingerprint density at radius 3 is 2.64 bits per heavy atom. The molecule has 0 atom stereocenters. The molecule has 0 saturated heterocycles. The minimum atomic E-state index is 0.128. The van der Waals surface area contributed by atoms with Gasteiger partial charge in [0.1, 0.15) is 12.0 Å². The molecule has 0 fully saturated rings. The highest BCUT2D eigenvalue weighted by atomic mass is 32.2. The largest absolute Gasteiger partial charge is 0.490 e. The number of hydrogen-bond acceptors (Lipinski definition) is 3. The summed E-state index contributed by atoms with van der Waals surface area (Å²) in [6.07, 6.45) is 2.95. The Morgan fingerprint density at radius 1 is 1.43 bits per heavy atom. The van der Waals surface area contributed by atoms with Crippen molar-refractivity contribution in [3.63, 3.8) is 0 Å². The Bertz CT molecular complexity index is 321. The van der Waals surface area contributed by atoms with Crippen molar-refractivity contribution in [3.8, 4) is 5.75 Å². The van der Waals surface area contributed by atoms with E-state index in [0.29, 0.717) is 5.56 Å². The smallest absolute Gasteiger partial charge is 0.150 e. The monoisotopic (exact) mass is 210 g/mol. The Morgan fingerprint density at radius 2 is 2.14 bits per heavy atom. The molecule has 1 aromatic rings. The maximum Gasteiger partial charge on any atom is 0.150 e. The first-order valence-electron chi connectivity index (χ1n) is 4.47. The van der Waals surface area contributed by atoms with Gasteiger partial charge in [-0.15, -0.1) is 11.8 Å². The molecule has 0 heterocycles. The first-order chi connectivity index (χ1) is 6.67. The van der Waals surface area contributed by atoms with Crippen molar-refractivity contribution in [3.05, 3.63) is 23.8 Å².